The zero-order chi connectivity index (χ0) is 18.9. The standard InChI is InChI=1S/C20H28N2O4S/c1-2-17(23)22-8-6-20(7-9-22)18-14(5-11-26-20)12-16(27-18)19(24)21-13-15-4-3-10-25-15/h12,15H,2-11,13H2,1H3,(H,21,24). The van der Waals surface area contributed by atoms with E-state index >= 15 is 0 Å². The lowest BCUT2D eigenvalue weighted by molar-refractivity contribution is -0.139. The summed E-state index contributed by atoms with van der Waals surface area (Å²) in [5, 5.41) is 3.02. The van der Waals surface area contributed by atoms with Crippen molar-refractivity contribution in [3.05, 3.63) is 21.4 Å². The van der Waals surface area contributed by atoms with Crippen LogP contribution in [0.2, 0.25) is 0 Å². The molecule has 4 heterocycles. The van der Waals surface area contributed by atoms with Gasteiger partial charge < -0.3 is 19.7 Å². The lowest BCUT2D eigenvalue weighted by atomic mass is 9.85. The summed E-state index contributed by atoms with van der Waals surface area (Å²) in [6.45, 7) is 5.42. The van der Waals surface area contributed by atoms with Crippen LogP contribution in [0, 0.1) is 0 Å². The van der Waals surface area contributed by atoms with Crippen LogP contribution in [-0.4, -0.2) is 55.7 Å². The van der Waals surface area contributed by atoms with E-state index in [-0.39, 0.29) is 23.5 Å². The van der Waals surface area contributed by atoms with Gasteiger partial charge in [-0.1, -0.05) is 6.92 Å². The number of thiophene rings is 1. The zero-order valence-electron chi connectivity index (χ0n) is 15.9. The van der Waals surface area contributed by atoms with Crippen molar-refractivity contribution in [1.82, 2.24) is 10.2 Å². The topological polar surface area (TPSA) is 67.9 Å². The highest BCUT2D eigenvalue weighted by Crippen LogP contribution is 2.45. The minimum Gasteiger partial charge on any atom is -0.376 e. The summed E-state index contributed by atoms with van der Waals surface area (Å²) in [4.78, 5) is 28.5. The molecule has 2 amide bonds. The van der Waals surface area contributed by atoms with E-state index in [9.17, 15) is 9.59 Å². The second-order valence-electron chi connectivity index (χ2n) is 7.64. The van der Waals surface area contributed by atoms with Crippen LogP contribution in [0.15, 0.2) is 6.07 Å². The number of hydrogen-bond acceptors (Lipinski definition) is 5. The van der Waals surface area contributed by atoms with Crippen molar-refractivity contribution in [1.29, 1.82) is 0 Å². The fraction of sp³-hybridized carbons (Fsp3) is 0.700. The molecule has 7 heteroatoms. The van der Waals surface area contributed by atoms with Crippen LogP contribution >= 0.6 is 11.3 Å². The molecule has 1 unspecified atom stereocenters. The van der Waals surface area contributed by atoms with Crippen LogP contribution in [0.25, 0.3) is 0 Å². The lowest BCUT2D eigenvalue weighted by Gasteiger charge is -2.43. The molecule has 1 N–H and O–H groups in total. The van der Waals surface area contributed by atoms with Crippen LogP contribution in [0.1, 0.15) is 59.1 Å². The molecule has 27 heavy (non-hydrogen) atoms. The number of fused-ring (bicyclic) bond motifs is 2. The van der Waals surface area contributed by atoms with Crippen molar-refractivity contribution in [3.63, 3.8) is 0 Å². The van der Waals surface area contributed by atoms with Gasteiger partial charge in [0.1, 0.15) is 5.60 Å². The SMILES string of the molecule is CCC(=O)N1CCC2(CC1)OCCc1cc(C(=O)NCC3CCCO3)sc12. The van der Waals surface area contributed by atoms with Crippen molar-refractivity contribution in [2.45, 2.75) is 57.2 Å². The Kier molecular flexibility index (Phi) is 5.53. The molecule has 1 spiro atoms. The number of carbonyl (C=O) groups is 2. The number of nitrogens with zero attached hydrogens (tertiary/aromatic N) is 1. The third kappa shape index (κ3) is 3.77. The summed E-state index contributed by atoms with van der Waals surface area (Å²) in [5.41, 5.74) is 0.916. The number of rotatable bonds is 4. The number of nitrogens with one attached hydrogen (secondary N) is 1. The number of likely N-dealkylation sites (tertiary alicyclic amines) is 1. The number of hydrogen-bond donors (Lipinski definition) is 1. The van der Waals surface area contributed by atoms with Gasteiger partial charge in [-0.05, 0) is 43.7 Å². The van der Waals surface area contributed by atoms with Gasteiger partial charge >= 0.3 is 0 Å². The average Bonchev–Trinajstić information content (AvgIpc) is 3.36. The van der Waals surface area contributed by atoms with Gasteiger partial charge in [-0.15, -0.1) is 11.3 Å². The molecule has 0 aromatic carbocycles. The number of amides is 2. The van der Waals surface area contributed by atoms with Gasteiger partial charge in [-0.3, -0.25) is 9.59 Å². The summed E-state index contributed by atoms with van der Waals surface area (Å²) in [5.74, 6) is 0.194. The van der Waals surface area contributed by atoms with E-state index in [1.807, 2.05) is 17.9 Å². The summed E-state index contributed by atoms with van der Waals surface area (Å²) in [6.07, 6.45) is 5.26. The molecule has 0 radical (unpaired) electrons. The number of carbonyl (C=O) groups excluding carboxylic acids is 2. The molecule has 0 bridgehead atoms. The fourth-order valence-electron chi connectivity index (χ4n) is 4.35. The fourth-order valence-corrected chi connectivity index (χ4v) is 5.67. The molecular formula is C20H28N2O4S. The maximum Gasteiger partial charge on any atom is 0.261 e. The average molecular weight is 393 g/mol. The van der Waals surface area contributed by atoms with Crippen molar-refractivity contribution >= 4 is 23.2 Å². The van der Waals surface area contributed by atoms with E-state index < -0.39 is 0 Å². The van der Waals surface area contributed by atoms with E-state index in [1.165, 1.54) is 10.4 Å². The molecule has 3 aliphatic heterocycles. The highest BCUT2D eigenvalue weighted by Gasteiger charge is 2.43. The molecule has 2 saturated heterocycles. The summed E-state index contributed by atoms with van der Waals surface area (Å²) < 4.78 is 11.8. The van der Waals surface area contributed by atoms with Crippen molar-refractivity contribution in [3.8, 4) is 0 Å². The van der Waals surface area contributed by atoms with Crippen LogP contribution in [0.4, 0.5) is 0 Å². The van der Waals surface area contributed by atoms with Gasteiger partial charge in [0.2, 0.25) is 5.91 Å². The first-order valence-electron chi connectivity index (χ1n) is 10.1. The molecule has 0 aliphatic carbocycles. The first-order valence-corrected chi connectivity index (χ1v) is 10.9. The predicted molar refractivity (Wildman–Crippen MR) is 103 cm³/mol. The lowest BCUT2D eigenvalue weighted by Crippen LogP contribution is -2.47. The highest BCUT2D eigenvalue weighted by atomic mass is 32.1. The first-order chi connectivity index (χ1) is 13.1. The van der Waals surface area contributed by atoms with Crippen molar-refractivity contribution < 1.29 is 19.1 Å². The molecule has 1 atom stereocenters. The molecule has 3 aliphatic rings. The Morgan fingerprint density at radius 1 is 1.33 bits per heavy atom. The molecule has 4 rings (SSSR count). The minimum atomic E-state index is -0.324. The van der Waals surface area contributed by atoms with Crippen LogP contribution in [0.3, 0.4) is 0 Å². The molecule has 0 saturated carbocycles. The maximum absolute atomic E-state index is 12.6. The van der Waals surface area contributed by atoms with Crippen LogP contribution < -0.4 is 5.32 Å². The van der Waals surface area contributed by atoms with Crippen molar-refractivity contribution in [2.75, 3.05) is 32.8 Å². The maximum atomic E-state index is 12.6. The molecule has 1 aromatic heterocycles. The van der Waals surface area contributed by atoms with Gasteiger partial charge in [0, 0.05) is 37.5 Å². The Labute approximate surface area is 164 Å². The largest absolute Gasteiger partial charge is 0.376 e. The van der Waals surface area contributed by atoms with Crippen molar-refractivity contribution in [2.24, 2.45) is 0 Å². The normalized spacial score (nSPS) is 24.0. The Hall–Kier alpha value is -1.44. The van der Waals surface area contributed by atoms with Gasteiger partial charge in [0.25, 0.3) is 5.91 Å². The van der Waals surface area contributed by atoms with Gasteiger partial charge in [-0.2, -0.15) is 0 Å². The molecule has 2 fully saturated rings. The van der Waals surface area contributed by atoms with E-state index in [0.29, 0.717) is 19.6 Å². The number of piperidine rings is 1. The second kappa shape index (κ2) is 7.89. The summed E-state index contributed by atoms with van der Waals surface area (Å²) >= 11 is 1.57. The summed E-state index contributed by atoms with van der Waals surface area (Å²) in [6, 6.07) is 2.04. The molecule has 6 nitrogen and oxygen atoms in total. The minimum absolute atomic E-state index is 0.0151. The van der Waals surface area contributed by atoms with E-state index in [2.05, 4.69) is 5.32 Å². The van der Waals surface area contributed by atoms with E-state index in [1.54, 1.807) is 11.3 Å². The monoisotopic (exact) mass is 392 g/mol. The Morgan fingerprint density at radius 3 is 2.85 bits per heavy atom. The second-order valence-corrected chi connectivity index (χ2v) is 8.69. The third-order valence-electron chi connectivity index (χ3n) is 5.94. The van der Waals surface area contributed by atoms with Crippen LogP contribution in [-0.2, 0) is 26.3 Å². The third-order valence-corrected chi connectivity index (χ3v) is 7.30. The Balaban J connectivity index is 1.45. The molecule has 1 aromatic rings. The predicted octanol–water partition coefficient (Wildman–Crippen LogP) is 2.46. The van der Waals surface area contributed by atoms with Gasteiger partial charge in [-0.25, -0.2) is 0 Å². The Bertz CT molecular complexity index is 703. The molecule has 148 valence electrons. The molecular weight excluding hydrogens is 364 g/mol. The zero-order valence-corrected chi connectivity index (χ0v) is 16.7. The van der Waals surface area contributed by atoms with Gasteiger partial charge in [0.15, 0.2) is 0 Å². The highest BCUT2D eigenvalue weighted by molar-refractivity contribution is 7.14. The van der Waals surface area contributed by atoms with E-state index in [4.69, 9.17) is 9.47 Å². The quantitative estimate of drug-likeness (QED) is 0.855. The Morgan fingerprint density at radius 2 is 2.15 bits per heavy atom. The van der Waals surface area contributed by atoms with E-state index in [0.717, 1.165) is 56.7 Å². The number of ether oxygens (including phenoxy) is 2. The van der Waals surface area contributed by atoms with Crippen LogP contribution in [0.5, 0.6) is 0 Å². The first kappa shape index (κ1) is 18.9. The summed E-state index contributed by atoms with van der Waals surface area (Å²) in [7, 11) is 0. The smallest absolute Gasteiger partial charge is 0.261 e. The van der Waals surface area contributed by atoms with Gasteiger partial charge in [0.05, 0.1) is 17.6 Å².